The van der Waals surface area contributed by atoms with Gasteiger partial charge in [-0.3, -0.25) is 4.79 Å². The molecule has 5 rings (SSSR count). The van der Waals surface area contributed by atoms with Crippen LogP contribution >= 0.6 is 11.3 Å². The summed E-state index contributed by atoms with van der Waals surface area (Å²) >= 11 is 1.69. The van der Waals surface area contributed by atoms with Crippen LogP contribution in [0.5, 0.6) is 0 Å². The van der Waals surface area contributed by atoms with Crippen LogP contribution in [-0.2, 0) is 29.7 Å². The van der Waals surface area contributed by atoms with Crippen molar-refractivity contribution in [2.75, 3.05) is 26.2 Å². The molecule has 0 saturated carbocycles. The Labute approximate surface area is 164 Å². The number of piperidine rings is 1. The molecule has 1 N–H and O–H groups in total. The van der Waals surface area contributed by atoms with E-state index in [9.17, 15) is 4.79 Å². The zero-order valence-electron chi connectivity index (χ0n) is 15.6. The maximum Gasteiger partial charge on any atom is 0.264 e. The minimum absolute atomic E-state index is 0.159. The van der Waals surface area contributed by atoms with E-state index in [0.29, 0.717) is 0 Å². The van der Waals surface area contributed by atoms with Crippen molar-refractivity contribution in [2.45, 2.75) is 44.2 Å². The number of hydrogen-bond donors (Lipinski definition) is 1. The van der Waals surface area contributed by atoms with E-state index in [-0.39, 0.29) is 11.5 Å². The second-order valence-corrected chi connectivity index (χ2v) is 8.96. The first kappa shape index (κ1) is 17.4. The number of amides is 1. The third-order valence-electron chi connectivity index (χ3n) is 6.24. The molecule has 3 aliphatic heterocycles. The highest BCUT2D eigenvalue weighted by molar-refractivity contribution is 7.14. The average molecular weight is 383 g/mol. The summed E-state index contributed by atoms with van der Waals surface area (Å²) in [7, 11) is 0. The summed E-state index contributed by atoms with van der Waals surface area (Å²) in [6, 6.07) is 10.7. The molecule has 142 valence electrons. The maximum atomic E-state index is 13.3. The van der Waals surface area contributed by atoms with Crippen molar-refractivity contribution in [3.8, 4) is 0 Å². The lowest BCUT2D eigenvalue weighted by molar-refractivity contribution is -0.0771. The summed E-state index contributed by atoms with van der Waals surface area (Å²) in [6.07, 6.45) is 5.03. The van der Waals surface area contributed by atoms with E-state index in [0.717, 1.165) is 69.8 Å². The van der Waals surface area contributed by atoms with Crippen LogP contribution < -0.4 is 5.32 Å². The monoisotopic (exact) mass is 382 g/mol. The zero-order valence-corrected chi connectivity index (χ0v) is 16.4. The van der Waals surface area contributed by atoms with Gasteiger partial charge in [-0.05, 0) is 68.0 Å². The summed E-state index contributed by atoms with van der Waals surface area (Å²) in [6.45, 7) is 4.31. The molecule has 0 radical (unpaired) electrons. The number of rotatable bonds is 1. The van der Waals surface area contributed by atoms with E-state index in [2.05, 4.69) is 35.6 Å². The number of benzene rings is 1. The minimum atomic E-state index is -0.159. The first-order valence-electron chi connectivity index (χ1n) is 10.1. The smallest absolute Gasteiger partial charge is 0.264 e. The van der Waals surface area contributed by atoms with Gasteiger partial charge in [-0.2, -0.15) is 0 Å². The molecule has 0 unspecified atom stereocenters. The molecule has 4 nitrogen and oxygen atoms in total. The Morgan fingerprint density at radius 3 is 2.78 bits per heavy atom. The van der Waals surface area contributed by atoms with Gasteiger partial charge >= 0.3 is 0 Å². The van der Waals surface area contributed by atoms with Crippen molar-refractivity contribution in [1.29, 1.82) is 0 Å². The molecule has 1 saturated heterocycles. The number of hydrogen-bond acceptors (Lipinski definition) is 4. The van der Waals surface area contributed by atoms with Crippen LogP contribution in [0.15, 0.2) is 30.3 Å². The number of aryl methyl sites for hydroxylation is 1. The van der Waals surface area contributed by atoms with Crippen molar-refractivity contribution < 1.29 is 9.53 Å². The van der Waals surface area contributed by atoms with Gasteiger partial charge in [0.2, 0.25) is 0 Å². The van der Waals surface area contributed by atoms with Gasteiger partial charge < -0.3 is 15.0 Å². The van der Waals surface area contributed by atoms with E-state index in [1.165, 1.54) is 21.6 Å². The van der Waals surface area contributed by atoms with Crippen molar-refractivity contribution in [3.05, 3.63) is 56.8 Å². The molecule has 3 aliphatic rings. The van der Waals surface area contributed by atoms with Crippen LogP contribution in [0.2, 0.25) is 0 Å². The number of carbonyl (C=O) groups is 1. The van der Waals surface area contributed by atoms with E-state index >= 15 is 0 Å². The fourth-order valence-corrected chi connectivity index (χ4v) is 6.14. The number of nitrogens with zero attached hydrogens (tertiary/aromatic N) is 1. The fourth-order valence-electron chi connectivity index (χ4n) is 4.76. The summed E-state index contributed by atoms with van der Waals surface area (Å²) in [5, 5.41) is 3.43. The summed E-state index contributed by atoms with van der Waals surface area (Å²) in [4.78, 5) is 17.6. The van der Waals surface area contributed by atoms with Crippen LogP contribution in [0.3, 0.4) is 0 Å². The van der Waals surface area contributed by atoms with Gasteiger partial charge in [-0.1, -0.05) is 24.3 Å². The molecule has 2 aromatic rings. The standard InChI is InChI=1S/C22H26N2O2S/c25-21(24-12-3-6-16-4-1-2-5-18(16)15-24)19-14-17-7-13-26-22(20(17)27-19)8-10-23-11-9-22/h1-2,4-5,14,23H,3,6-13,15H2. The molecule has 1 fully saturated rings. The van der Waals surface area contributed by atoms with Gasteiger partial charge in [-0.15, -0.1) is 11.3 Å². The molecule has 0 aliphatic carbocycles. The third kappa shape index (κ3) is 3.12. The Hall–Kier alpha value is -1.69. The first-order valence-corrected chi connectivity index (χ1v) is 10.9. The second kappa shape index (κ2) is 7.04. The van der Waals surface area contributed by atoms with E-state index < -0.39 is 0 Å². The number of ether oxygens (including phenoxy) is 1. The van der Waals surface area contributed by atoms with E-state index in [1.807, 2.05) is 4.90 Å². The second-order valence-electron chi connectivity index (χ2n) is 7.91. The first-order chi connectivity index (χ1) is 13.3. The van der Waals surface area contributed by atoms with Gasteiger partial charge in [-0.25, -0.2) is 0 Å². The number of nitrogens with one attached hydrogen (secondary N) is 1. The number of fused-ring (bicyclic) bond motifs is 3. The predicted octanol–water partition coefficient (Wildman–Crippen LogP) is 3.49. The van der Waals surface area contributed by atoms with Gasteiger partial charge in [0.1, 0.15) is 5.60 Å². The van der Waals surface area contributed by atoms with E-state index in [4.69, 9.17) is 4.74 Å². The molecule has 1 spiro atoms. The largest absolute Gasteiger partial charge is 0.369 e. The molecule has 0 bridgehead atoms. The molecule has 1 amide bonds. The zero-order chi connectivity index (χ0) is 18.3. The lowest BCUT2D eigenvalue weighted by Gasteiger charge is -2.40. The molecule has 1 aromatic carbocycles. The predicted molar refractivity (Wildman–Crippen MR) is 107 cm³/mol. The molecular formula is C22H26N2O2S. The number of thiophene rings is 1. The van der Waals surface area contributed by atoms with Crippen molar-refractivity contribution in [3.63, 3.8) is 0 Å². The molecule has 5 heteroatoms. The van der Waals surface area contributed by atoms with Crippen LogP contribution in [0.1, 0.15) is 50.5 Å². The summed E-state index contributed by atoms with van der Waals surface area (Å²) in [5.74, 6) is 0.190. The van der Waals surface area contributed by atoms with Gasteiger partial charge in [0.05, 0.1) is 11.5 Å². The van der Waals surface area contributed by atoms with E-state index in [1.54, 1.807) is 11.3 Å². The van der Waals surface area contributed by atoms with Gasteiger partial charge in [0, 0.05) is 18.0 Å². The Kier molecular flexibility index (Phi) is 4.54. The minimum Gasteiger partial charge on any atom is -0.369 e. The Balaban J connectivity index is 1.43. The quantitative estimate of drug-likeness (QED) is 0.821. The highest BCUT2D eigenvalue weighted by atomic mass is 32.1. The summed E-state index contributed by atoms with van der Waals surface area (Å²) < 4.78 is 6.28. The fraction of sp³-hybridized carbons (Fsp3) is 0.500. The van der Waals surface area contributed by atoms with Crippen molar-refractivity contribution >= 4 is 17.2 Å². The lowest BCUT2D eigenvalue weighted by atomic mass is 9.86. The normalized spacial score (nSPS) is 21.4. The molecule has 1 aromatic heterocycles. The maximum absolute atomic E-state index is 13.3. The van der Waals surface area contributed by atoms with Crippen LogP contribution in [0, 0.1) is 0 Å². The van der Waals surface area contributed by atoms with Crippen LogP contribution in [0.4, 0.5) is 0 Å². The highest BCUT2D eigenvalue weighted by Gasteiger charge is 2.41. The van der Waals surface area contributed by atoms with Crippen molar-refractivity contribution in [1.82, 2.24) is 10.2 Å². The van der Waals surface area contributed by atoms with Gasteiger partial charge in [0.25, 0.3) is 5.91 Å². The molecule has 27 heavy (non-hydrogen) atoms. The topological polar surface area (TPSA) is 41.6 Å². The lowest BCUT2D eigenvalue weighted by Crippen LogP contribution is -2.43. The molecule has 4 heterocycles. The van der Waals surface area contributed by atoms with Crippen LogP contribution in [-0.4, -0.2) is 37.0 Å². The molecular weight excluding hydrogens is 356 g/mol. The molecule has 0 atom stereocenters. The number of carbonyl (C=O) groups excluding carboxylic acids is 1. The van der Waals surface area contributed by atoms with Crippen LogP contribution in [0.25, 0.3) is 0 Å². The summed E-state index contributed by atoms with van der Waals surface area (Å²) in [5.41, 5.74) is 3.86. The Morgan fingerprint density at radius 1 is 1.11 bits per heavy atom. The van der Waals surface area contributed by atoms with Crippen molar-refractivity contribution in [2.24, 2.45) is 0 Å². The average Bonchev–Trinajstić information content (AvgIpc) is 3.03. The Morgan fingerprint density at radius 2 is 1.93 bits per heavy atom. The SMILES string of the molecule is O=C(c1cc2c(s1)C1(CCNCC1)OCC2)N1CCCc2ccccc2C1. The highest BCUT2D eigenvalue weighted by Crippen LogP contribution is 2.44. The third-order valence-corrected chi connectivity index (χ3v) is 7.59. The van der Waals surface area contributed by atoms with Gasteiger partial charge in [0.15, 0.2) is 0 Å². The Bertz CT molecular complexity index is 854.